The van der Waals surface area contributed by atoms with Crippen molar-refractivity contribution in [1.29, 1.82) is 0 Å². The van der Waals surface area contributed by atoms with Crippen molar-refractivity contribution in [2.75, 3.05) is 20.1 Å². The molecule has 4 rings (SSSR count). The largest absolute Gasteiger partial charge is 0.508 e. The van der Waals surface area contributed by atoms with Crippen LogP contribution in [0.25, 0.3) is 0 Å². The molecule has 7 atom stereocenters. The molecule has 2 aliphatic carbocycles. The van der Waals surface area contributed by atoms with E-state index in [1.54, 1.807) is 24.3 Å². The maximum Gasteiger partial charge on any atom is 0.315 e. The minimum Gasteiger partial charge on any atom is -0.508 e. The molecule has 5 heteroatoms. The maximum absolute atomic E-state index is 12.7. The predicted molar refractivity (Wildman–Crippen MR) is 110 cm³/mol. The molecule has 0 aromatic heterocycles. The summed E-state index contributed by atoms with van der Waals surface area (Å²) in [6.45, 7) is 7.90. The molecular formula is C24H34NO4+. The topological polar surface area (TPSA) is 71.2 Å². The molecule has 1 aromatic rings. The average Bonchev–Trinajstić information content (AvgIpc) is 2.94. The van der Waals surface area contributed by atoms with Gasteiger partial charge in [-0.2, -0.15) is 0 Å². The molecule has 0 spiro atoms. The van der Waals surface area contributed by atoms with E-state index in [9.17, 15) is 15.0 Å². The van der Waals surface area contributed by atoms with E-state index < -0.39 is 6.10 Å². The summed E-state index contributed by atoms with van der Waals surface area (Å²) < 4.78 is 5.86. The monoisotopic (exact) mass is 400 g/mol. The van der Waals surface area contributed by atoms with E-state index in [0.29, 0.717) is 19.0 Å². The van der Waals surface area contributed by atoms with Gasteiger partial charge < -0.3 is 19.8 Å². The van der Waals surface area contributed by atoms with Crippen LogP contribution in [-0.2, 0) is 9.53 Å². The first-order valence-electron chi connectivity index (χ1n) is 10.9. The molecule has 1 saturated heterocycles. The number of benzene rings is 1. The number of rotatable bonds is 5. The Kier molecular flexibility index (Phi) is 5.47. The number of esters is 1. The maximum atomic E-state index is 12.7. The summed E-state index contributed by atoms with van der Waals surface area (Å²) in [6, 6.07) is 6.65. The lowest BCUT2D eigenvalue weighted by Crippen LogP contribution is -3.10. The van der Waals surface area contributed by atoms with Gasteiger partial charge in [0.1, 0.15) is 30.4 Å². The summed E-state index contributed by atoms with van der Waals surface area (Å²) in [4.78, 5) is 13.8. The minimum absolute atomic E-state index is 0.0365. The van der Waals surface area contributed by atoms with E-state index in [1.165, 1.54) is 18.4 Å². The third-order valence-corrected chi connectivity index (χ3v) is 7.71. The highest BCUT2D eigenvalue weighted by molar-refractivity contribution is 5.75. The Bertz CT molecular complexity index is 776. The van der Waals surface area contributed by atoms with E-state index in [1.807, 2.05) is 7.05 Å². The second-order valence-corrected chi connectivity index (χ2v) is 9.88. The molecule has 1 unspecified atom stereocenters. The first kappa shape index (κ1) is 20.4. The number of allylic oxidation sites excluding steroid dienone is 1. The fourth-order valence-electron chi connectivity index (χ4n) is 6.09. The second kappa shape index (κ2) is 7.77. The predicted octanol–water partition coefficient (Wildman–Crippen LogP) is 2.25. The molecule has 0 radical (unpaired) electrons. The summed E-state index contributed by atoms with van der Waals surface area (Å²) in [5, 5.41) is 20.0. The number of hydrogen-bond donors (Lipinski definition) is 3. The van der Waals surface area contributed by atoms with Crippen molar-refractivity contribution < 1.29 is 24.6 Å². The Hall–Kier alpha value is -1.85. The number of likely N-dealkylation sites (N-methyl/N-ethyl adjacent to an activating group) is 1. The first-order chi connectivity index (χ1) is 13.8. The van der Waals surface area contributed by atoms with Crippen LogP contribution in [0.15, 0.2) is 36.4 Å². The standard InChI is InChI=1S/C24H33NO4/c1-15-5-4-10-24(2)12-22-18(11-20(15)24)19(23(28)29-22)13-25(3)14-21(27)16-6-8-17(26)9-7-16/h6-9,18-22,26-27H,1,4-5,10-14H2,2-3H3/p+1/t18-,19-,20+,21+,22-,24-/m1/s1. The van der Waals surface area contributed by atoms with Crippen LogP contribution in [-0.4, -0.2) is 42.4 Å². The molecule has 0 amide bonds. The van der Waals surface area contributed by atoms with Crippen molar-refractivity contribution >= 4 is 5.97 Å². The number of phenols is 1. The van der Waals surface area contributed by atoms with Gasteiger partial charge in [0.25, 0.3) is 0 Å². The smallest absolute Gasteiger partial charge is 0.315 e. The van der Waals surface area contributed by atoms with E-state index in [2.05, 4.69) is 13.5 Å². The molecule has 5 nitrogen and oxygen atoms in total. The van der Waals surface area contributed by atoms with Gasteiger partial charge in [-0.25, -0.2) is 0 Å². The molecule has 1 heterocycles. The number of nitrogens with one attached hydrogen (secondary N) is 1. The number of quaternary nitrogens is 1. The summed E-state index contributed by atoms with van der Waals surface area (Å²) >= 11 is 0. The third-order valence-electron chi connectivity index (χ3n) is 7.71. The van der Waals surface area contributed by atoms with Crippen LogP contribution in [0.4, 0.5) is 0 Å². The Morgan fingerprint density at radius 2 is 2.07 bits per heavy atom. The highest BCUT2D eigenvalue weighted by atomic mass is 16.6. The molecule has 3 fully saturated rings. The number of aliphatic hydroxyl groups is 1. The van der Waals surface area contributed by atoms with Crippen LogP contribution in [0.2, 0.25) is 0 Å². The minimum atomic E-state index is -0.628. The van der Waals surface area contributed by atoms with Crippen LogP contribution in [0.3, 0.4) is 0 Å². The number of aliphatic hydroxyl groups excluding tert-OH is 1. The summed E-state index contributed by atoms with van der Waals surface area (Å²) in [5.41, 5.74) is 2.36. The van der Waals surface area contributed by atoms with Crippen LogP contribution in [0.1, 0.15) is 50.7 Å². The fourth-order valence-corrected chi connectivity index (χ4v) is 6.09. The number of aromatic hydroxyl groups is 1. The van der Waals surface area contributed by atoms with Gasteiger partial charge in [0.05, 0.1) is 13.6 Å². The lowest BCUT2D eigenvalue weighted by Gasteiger charge is -2.50. The Morgan fingerprint density at radius 1 is 1.34 bits per heavy atom. The van der Waals surface area contributed by atoms with Crippen molar-refractivity contribution in [3.63, 3.8) is 0 Å². The van der Waals surface area contributed by atoms with Gasteiger partial charge in [0, 0.05) is 5.92 Å². The molecule has 3 aliphatic rings. The highest BCUT2D eigenvalue weighted by Gasteiger charge is 2.55. The van der Waals surface area contributed by atoms with Crippen LogP contribution >= 0.6 is 0 Å². The fraction of sp³-hybridized carbons (Fsp3) is 0.625. The van der Waals surface area contributed by atoms with Gasteiger partial charge in [-0.05, 0) is 61.1 Å². The van der Waals surface area contributed by atoms with Crippen molar-refractivity contribution in [2.24, 2.45) is 23.2 Å². The molecule has 3 N–H and O–H groups in total. The molecule has 29 heavy (non-hydrogen) atoms. The van der Waals surface area contributed by atoms with E-state index >= 15 is 0 Å². The quantitative estimate of drug-likeness (QED) is 0.524. The Balaban J connectivity index is 1.41. The average molecular weight is 401 g/mol. The summed E-state index contributed by atoms with van der Waals surface area (Å²) in [6.07, 6.45) is 4.88. The van der Waals surface area contributed by atoms with Gasteiger partial charge in [0.2, 0.25) is 0 Å². The van der Waals surface area contributed by atoms with Crippen molar-refractivity contribution in [3.8, 4) is 5.75 Å². The molecular weight excluding hydrogens is 366 g/mol. The molecule has 2 saturated carbocycles. The van der Waals surface area contributed by atoms with E-state index in [4.69, 9.17) is 4.74 Å². The van der Waals surface area contributed by atoms with Gasteiger partial charge in [-0.3, -0.25) is 4.79 Å². The molecule has 158 valence electrons. The highest BCUT2D eigenvalue weighted by Crippen LogP contribution is 2.56. The molecule has 1 aromatic carbocycles. The molecule has 0 bridgehead atoms. The van der Waals surface area contributed by atoms with E-state index in [0.717, 1.165) is 29.7 Å². The number of fused-ring (bicyclic) bond motifs is 2. The van der Waals surface area contributed by atoms with Crippen molar-refractivity contribution in [3.05, 3.63) is 42.0 Å². The van der Waals surface area contributed by atoms with Gasteiger partial charge in [0.15, 0.2) is 0 Å². The van der Waals surface area contributed by atoms with Crippen LogP contribution < -0.4 is 4.90 Å². The van der Waals surface area contributed by atoms with Crippen molar-refractivity contribution in [1.82, 2.24) is 0 Å². The zero-order valence-corrected chi connectivity index (χ0v) is 17.6. The zero-order chi connectivity index (χ0) is 20.8. The zero-order valence-electron chi connectivity index (χ0n) is 17.6. The van der Waals surface area contributed by atoms with Gasteiger partial charge in [-0.1, -0.05) is 31.2 Å². The SMILES string of the molecule is C=C1CCC[C@]2(C)C[C@H]3OC(=O)[C@H](C[NH+](C)C[C@H](O)c4ccc(O)cc4)[C@H]3C[C@@H]12. The number of carbonyl (C=O) groups is 1. The third kappa shape index (κ3) is 3.95. The lowest BCUT2D eigenvalue weighted by atomic mass is 9.55. The van der Waals surface area contributed by atoms with Gasteiger partial charge >= 0.3 is 5.97 Å². The summed E-state index contributed by atoms with van der Waals surface area (Å²) in [7, 11) is 2.02. The van der Waals surface area contributed by atoms with E-state index in [-0.39, 0.29) is 35.1 Å². The summed E-state index contributed by atoms with van der Waals surface area (Å²) in [5.74, 6) is 0.779. The lowest BCUT2D eigenvalue weighted by molar-refractivity contribution is -0.886. The first-order valence-corrected chi connectivity index (χ1v) is 10.9. The van der Waals surface area contributed by atoms with Crippen molar-refractivity contribution in [2.45, 2.75) is 51.2 Å². The number of phenolic OH excluding ortho intramolecular Hbond substituents is 1. The second-order valence-electron chi connectivity index (χ2n) is 9.88. The number of hydrogen-bond acceptors (Lipinski definition) is 4. The van der Waals surface area contributed by atoms with Gasteiger partial charge in [-0.15, -0.1) is 0 Å². The Labute approximate surface area is 173 Å². The van der Waals surface area contributed by atoms with Crippen LogP contribution in [0, 0.1) is 23.2 Å². The number of ether oxygens (including phenoxy) is 1. The number of carbonyl (C=O) groups excluding carboxylic acids is 1. The normalized spacial score (nSPS) is 36.1. The van der Waals surface area contributed by atoms with Crippen LogP contribution in [0.5, 0.6) is 5.75 Å². The molecule has 1 aliphatic heterocycles. The Morgan fingerprint density at radius 3 is 2.79 bits per heavy atom.